The Balaban J connectivity index is 1.91. The lowest BCUT2D eigenvalue weighted by Crippen LogP contribution is -2.24. The van der Waals surface area contributed by atoms with E-state index in [4.69, 9.17) is 35.4 Å². The maximum absolute atomic E-state index is 6.02. The fourth-order valence-corrected chi connectivity index (χ4v) is 1.97. The van der Waals surface area contributed by atoms with Gasteiger partial charge in [0.25, 0.3) is 0 Å². The molecule has 2 N–H and O–H groups in total. The summed E-state index contributed by atoms with van der Waals surface area (Å²) in [4.78, 5) is 4.09. The Morgan fingerprint density at radius 1 is 1.25 bits per heavy atom. The molecule has 0 saturated heterocycles. The first kappa shape index (κ1) is 14.7. The average Bonchev–Trinajstić information content (AvgIpc) is 2.43. The Kier molecular flexibility index (Phi) is 5.29. The fourth-order valence-electron chi connectivity index (χ4n) is 1.35. The molecule has 0 aliphatic rings. The summed E-state index contributed by atoms with van der Waals surface area (Å²) in [5.74, 6) is 0. The quantitative estimate of drug-likeness (QED) is 0.513. The maximum Gasteiger partial charge on any atom is 0.191 e. The topological polar surface area (TPSA) is 49.3 Å². The summed E-state index contributed by atoms with van der Waals surface area (Å²) < 4.78 is 0. The zero-order chi connectivity index (χ0) is 14.4. The number of pyridine rings is 1. The molecule has 1 aromatic carbocycles. The molecule has 2 aromatic rings. The number of benzene rings is 1. The predicted octanol–water partition coefficient (Wildman–Crippen LogP) is 3.71. The van der Waals surface area contributed by atoms with Crippen LogP contribution in [-0.2, 0) is 0 Å². The van der Waals surface area contributed by atoms with Crippen molar-refractivity contribution >= 4 is 52.4 Å². The summed E-state index contributed by atoms with van der Waals surface area (Å²) in [7, 11) is 0. The Labute approximate surface area is 131 Å². The molecule has 7 heteroatoms. The molecule has 20 heavy (non-hydrogen) atoms. The predicted molar refractivity (Wildman–Crippen MR) is 87.6 cm³/mol. The highest BCUT2D eigenvalue weighted by Gasteiger charge is 2.02. The minimum Gasteiger partial charge on any atom is -0.330 e. The summed E-state index contributed by atoms with van der Waals surface area (Å²) in [5, 5.41) is 8.26. The molecule has 0 amide bonds. The highest BCUT2D eigenvalue weighted by molar-refractivity contribution is 7.80. The van der Waals surface area contributed by atoms with Crippen LogP contribution in [0, 0.1) is 0 Å². The standard InChI is InChI=1S/C13H10Cl2N4S/c14-9-4-5-12(11(15)7-9)18-13(20)19-17-8-10-3-1-2-6-16-10/h1-8H,(H2,18,19,20)/b17-8+. The van der Waals surface area contributed by atoms with Gasteiger partial charge in [-0.1, -0.05) is 29.3 Å². The molecule has 2 rings (SSSR count). The first-order valence-corrected chi connectivity index (χ1v) is 6.78. The molecular formula is C13H10Cl2N4S. The van der Waals surface area contributed by atoms with Gasteiger partial charge in [0, 0.05) is 11.2 Å². The highest BCUT2D eigenvalue weighted by atomic mass is 35.5. The third-order valence-corrected chi connectivity index (χ3v) is 2.97. The number of hydrogen-bond acceptors (Lipinski definition) is 3. The van der Waals surface area contributed by atoms with E-state index in [2.05, 4.69) is 20.8 Å². The minimum atomic E-state index is 0.321. The van der Waals surface area contributed by atoms with Crippen LogP contribution in [0.25, 0.3) is 0 Å². The lowest BCUT2D eigenvalue weighted by Gasteiger charge is -2.08. The lowest BCUT2D eigenvalue weighted by molar-refractivity contribution is 1.05. The molecule has 0 bridgehead atoms. The molecule has 102 valence electrons. The Morgan fingerprint density at radius 2 is 2.10 bits per heavy atom. The number of rotatable bonds is 3. The molecule has 0 fully saturated rings. The zero-order valence-corrected chi connectivity index (χ0v) is 12.5. The highest BCUT2D eigenvalue weighted by Crippen LogP contribution is 2.25. The third-order valence-electron chi connectivity index (χ3n) is 2.23. The van der Waals surface area contributed by atoms with Crippen LogP contribution in [0.5, 0.6) is 0 Å². The smallest absolute Gasteiger partial charge is 0.191 e. The Morgan fingerprint density at radius 3 is 2.80 bits per heavy atom. The number of nitrogens with one attached hydrogen (secondary N) is 2. The van der Waals surface area contributed by atoms with Gasteiger partial charge in [0.15, 0.2) is 5.11 Å². The van der Waals surface area contributed by atoms with Crippen LogP contribution in [0.3, 0.4) is 0 Å². The first-order chi connectivity index (χ1) is 9.65. The van der Waals surface area contributed by atoms with Crippen molar-refractivity contribution in [1.82, 2.24) is 10.4 Å². The molecule has 0 aliphatic heterocycles. The van der Waals surface area contributed by atoms with E-state index in [1.807, 2.05) is 18.2 Å². The summed E-state index contributed by atoms with van der Waals surface area (Å²) in [5.41, 5.74) is 4.06. The summed E-state index contributed by atoms with van der Waals surface area (Å²) in [6.07, 6.45) is 3.25. The second-order valence-electron chi connectivity index (χ2n) is 3.70. The molecule has 0 atom stereocenters. The second kappa shape index (κ2) is 7.19. The van der Waals surface area contributed by atoms with E-state index in [9.17, 15) is 0 Å². The Hall–Kier alpha value is -1.69. The van der Waals surface area contributed by atoms with Crippen LogP contribution in [0.1, 0.15) is 5.69 Å². The van der Waals surface area contributed by atoms with Crippen molar-refractivity contribution < 1.29 is 0 Å². The van der Waals surface area contributed by atoms with Gasteiger partial charge in [0.05, 0.1) is 22.6 Å². The van der Waals surface area contributed by atoms with Crippen LogP contribution in [0.4, 0.5) is 5.69 Å². The van der Waals surface area contributed by atoms with Crippen molar-refractivity contribution in [3.8, 4) is 0 Å². The van der Waals surface area contributed by atoms with Gasteiger partial charge in [0.2, 0.25) is 0 Å². The number of nitrogens with zero attached hydrogens (tertiary/aromatic N) is 2. The molecule has 1 heterocycles. The van der Waals surface area contributed by atoms with Gasteiger partial charge >= 0.3 is 0 Å². The SMILES string of the molecule is S=C(N/N=C/c1ccccn1)Nc1ccc(Cl)cc1Cl. The van der Waals surface area contributed by atoms with E-state index in [-0.39, 0.29) is 0 Å². The molecule has 4 nitrogen and oxygen atoms in total. The summed E-state index contributed by atoms with van der Waals surface area (Å²) in [6, 6.07) is 10.6. The van der Waals surface area contributed by atoms with Gasteiger partial charge in [-0.2, -0.15) is 5.10 Å². The number of halogens is 2. The lowest BCUT2D eigenvalue weighted by atomic mass is 10.3. The Bertz CT molecular complexity index is 632. The van der Waals surface area contributed by atoms with Crippen LogP contribution in [0.2, 0.25) is 10.0 Å². The number of hydrogen-bond donors (Lipinski definition) is 2. The molecule has 0 aliphatic carbocycles. The average molecular weight is 325 g/mol. The van der Waals surface area contributed by atoms with Gasteiger partial charge in [-0.15, -0.1) is 0 Å². The monoisotopic (exact) mass is 324 g/mol. The van der Waals surface area contributed by atoms with Crippen molar-refractivity contribution in [3.05, 3.63) is 58.3 Å². The van der Waals surface area contributed by atoms with Crippen LogP contribution < -0.4 is 10.7 Å². The second-order valence-corrected chi connectivity index (χ2v) is 4.95. The number of thiocarbonyl (C=S) groups is 1. The number of aromatic nitrogens is 1. The summed E-state index contributed by atoms with van der Waals surface area (Å²) >= 11 is 16.9. The molecule has 1 aromatic heterocycles. The molecular weight excluding hydrogens is 315 g/mol. The first-order valence-electron chi connectivity index (χ1n) is 5.61. The summed E-state index contributed by atoms with van der Waals surface area (Å²) in [6.45, 7) is 0. The molecule has 0 saturated carbocycles. The van der Waals surface area contributed by atoms with Gasteiger partial charge in [-0.3, -0.25) is 10.4 Å². The van der Waals surface area contributed by atoms with Crippen LogP contribution >= 0.6 is 35.4 Å². The van der Waals surface area contributed by atoms with Crippen molar-refractivity contribution in [2.45, 2.75) is 0 Å². The molecule has 0 unspecified atom stereocenters. The van der Waals surface area contributed by atoms with E-state index in [0.717, 1.165) is 5.69 Å². The van der Waals surface area contributed by atoms with Crippen molar-refractivity contribution in [2.75, 3.05) is 5.32 Å². The van der Waals surface area contributed by atoms with Crippen LogP contribution in [0.15, 0.2) is 47.7 Å². The van der Waals surface area contributed by atoms with Gasteiger partial charge in [0.1, 0.15) is 0 Å². The van der Waals surface area contributed by atoms with Crippen molar-refractivity contribution in [2.24, 2.45) is 5.10 Å². The van der Waals surface area contributed by atoms with Gasteiger partial charge in [-0.05, 0) is 42.5 Å². The van der Waals surface area contributed by atoms with E-state index in [1.54, 1.807) is 30.6 Å². The van der Waals surface area contributed by atoms with Crippen molar-refractivity contribution in [1.29, 1.82) is 0 Å². The van der Waals surface area contributed by atoms with Gasteiger partial charge < -0.3 is 5.32 Å². The fraction of sp³-hybridized carbons (Fsp3) is 0. The number of hydrazone groups is 1. The van der Waals surface area contributed by atoms with Gasteiger partial charge in [-0.25, -0.2) is 0 Å². The molecule has 0 spiro atoms. The van der Waals surface area contributed by atoms with E-state index >= 15 is 0 Å². The molecule has 0 radical (unpaired) electrons. The van der Waals surface area contributed by atoms with E-state index in [1.165, 1.54) is 0 Å². The van der Waals surface area contributed by atoms with E-state index in [0.29, 0.717) is 20.8 Å². The van der Waals surface area contributed by atoms with E-state index < -0.39 is 0 Å². The van der Waals surface area contributed by atoms with Crippen molar-refractivity contribution in [3.63, 3.8) is 0 Å². The maximum atomic E-state index is 6.02. The third kappa shape index (κ3) is 4.45. The van der Waals surface area contributed by atoms with Crippen LogP contribution in [-0.4, -0.2) is 16.3 Å². The minimum absolute atomic E-state index is 0.321. The number of anilines is 1. The largest absolute Gasteiger partial charge is 0.330 e. The zero-order valence-electron chi connectivity index (χ0n) is 10.2. The normalized spacial score (nSPS) is 10.5.